The number of rotatable bonds is 3. The quantitative estimate of drug-likeness (QED) is 0.610. The third-order valence-corrected chi connectivity index (χ3v) is 2.96. The Labute approximate surface area is 112 Å². The van der Waals surface area contributed by atoms with Gasteiger partial charge in [0.05, 0.1) is 11.5 Å². The Bertz CT molecular complexity index is 585. The lowest BCUT2D eigenvalue weighted by molar-refractivity contribution is -0.137. The summed E-state index contributed by atoms with van der Waals surface area (Å²) in [5, 5.41) is 0. The van der Waals surface area contributed by atoms with Crippen LogP contribution in [-0.4, -0.2) is 6.29 Å². The van der Waals surface area contributed by atoms with E-state index >= 15 is 0 Å². The van der Waals surface area contributed by atoms with Crippen molar-refractivity contribution in [2.24, 2.45) is 0 Å². The van der Waals surface area contributed by atoms with Crippen LogP contribution in [-0.2, 0) is 11.0 Å². The highest BCUT2D eigenvalue weighted by molar-refractivity contribution is 5.68. The van der Waals surface area contributed by atoms with E-state index in [9.17, 15) is 22.4 Å². The van der Waals surface area contributed by atoms with E-state index in [0.29, 0.717) is 17.4 Å². The maximum atomic E-state index is 12.8. The third kappa shape index (κ3) is 3.04. The molecule has 2 aromatic carbocycles. The van der Waals surface area contributed by atoms with Gasteiger partial charge in [0.15, 0.2) is 0 Å². The molecule has 0 aliphatic heterocycles. The summed E-state index contributed by atoms with van der Waals surface area (Å²) in [5.41, 5.74) is 0.186. The number of halogens is 4. The molecule has 5 heteroatoms. The molecule has 2 aromatic rings. The van der Waals surface area contributed by atoms with E-state index in [4.69, 9.17) is 0 Å². The van der Waals surface area contributed by atoms with E-state index in [1.165, 1.54) is 36.4 Å². The van der Waals surface area contributed by atoms with Crippen molar-refractivity contribution in [1.82, 2.24) is 0 Å². The van der Waals surface area contributed by atoms with Crippen LogP contribution in [0.5, 0.6) is 0 Å². The third-order valence-electron chi connectivity index (χ3n) is 2.96. The van der Waals surface area contributed by atoms with Gasteiger partial charge in [-0.1, -0.05) is 24.3 Å². The normalized spacial score (nSPS) is 13.0. The number of aldehydes is 1. The molecule has 0 fully saturated rings. The maximum Gasteiger partial charge on any atom is 0.416 e. The average molecular weight is 282 g/mol. The number of carbonyl (C=O) groups is 1. The zero-order valence-electron chi connectivity index (χ0n) is 10.2. The van der Waals surface area contributed by atoms with E-state index < -0.39 is 23.5 Å². The SMILES string of the molecule is O=CC(c1ccc(F)cc1)c1ccc(C(F)(F)F)cc1. The molecule has 0 saturated heterocycles. The maximum absolute atomic E-state index is 12.8. The fourth-order valence-electron chi connectivity index (χ4n) is 1.90. The molecule has 0 spiro atoms. The molecule has 0 radical (unpaired) electrons. The van der Waals surface area contributed by atoms with Gasteiger partial charge in [0, 0.05) is 0 Å². The van der Waals surface area contributed by atoms with Crippen LogP contribution in [0.1, 0.15) is 22.6 Å². The minimum atomic E-state index is -4.41. The molecule has 2 rings (SSSR count). The van der Waals surface area contributed by atoms with Gasteiger partial charge in [0.2, 0.25) is 0 Å². The van der Waals surface area contributed by atoms with Crippen LogP contribution >= 0.6 is 0 Å². The van der Waals surface area contributed by atoms with E-state index in [-0.39, 0.29) is 0 Å². The van der Waals surface area contributed by atoms with Crippen LogP contribution in [0.3, 0.4) is 0 Å². The second-order valence-corrected chi connectivity index (χ2v) is 4.29. The summed E-state index contributed by atoms with van der Waals surface area (Å²) < 4.78 is 50.2. The molecule has 104 valence electrons. The van der Waals surface area contributed by atoms with Gasteiger partial charge in [0.1, 0.15) is 12.1 Å². The van der Waals surface area contributed by atoms with Crippen molar-refractivity contribution in [2.75, 3.05) is 0 Å². The Hall–Kier alpha value is -2.17. The smallest absolute Gasteiger partial charge is 0.302 e. The molecule has 0 aromatic heterocycles. The second-order valence-electron chi connectivity index (χ2n) is 4.29. The monoisotopic (exact) mass is 282 g/mol. The van der Waals surface area contributed by atoms with Crippen LogP contribution in [0.2, 0.25) is 0 Å². The predicted octanol–water partition coefficient (Wildman–Crippen LogP) is 4.18. The number of carbonyl (C=O) groups excluding carboxylic acids is 1. The van der Waals surface area contributed by atoms with E-state index in [0.717, 1.165) is 12.1 Å². The van der Waals surface area contributed by atoms with Crippen molar-refractivity contribution >= 4 is 6.29 Å². The Morgan fingerprint density at radius 1 is 0.850 bits per heavy atom. The first-order chi connectivity index (χ1) is 9.41. The van der Waals surface area contributed by atoms with Gasteiger partial charge < -0.3 is 4.79 Å². The number of alkyl halides is 3. The molecule has 0 saturated carbocycles. The van der Waals surface area contributed by atoms with Gasteiger partial charge in [-0.15, -0.1) is 0 Å². The lowest BCUT2D eigenvalue weighted by Gasteiger charge is -2.13. The van der Waals surface area contributed by atoms with E-state index in [1.54, 1.807) is 0 Å². The van der Waals surface area contributed by atoms with Crippen molar-refractivity contribution in [1.29, 1.82) is 0 Å². The highest BCUT2D eigenvalue weighted by atomic mass is 19.4. The molecule has 0 aliphatic carbocycles. The van der Waals surface area contributed by atoms with Crippen LogP contribution < -0.4 is 0 Å². The van der Waals surface area contributed by atoms with E-state index in [2.05, 4.69) is 0 Å². The predicted molar refractivity (Wildman–Crippen MR) is 65.8 cm³/mol. The minimum Gasteiger partial charge on any atom is -0.302 e. The van der Waals surface area contributed by atoms with Gasteiger partial charge in [0.25, 0.3) is 0 Å². The van der Waals surface area contributed by atoms with Crippen molar-refractivity contribution in [2.45, 2.75) is 12.1 Å². The summed E-state index contributed by atoms with van der Waals surface area (Å²) in [7, 11) is 0. The molecular weight excluding hydrogens is 272 g/mol. The summed E-state index contributed by atoms with van der Waals surface area (Å²) in [6.07, 6.45) is -3.79. The van der Waals surface area contributed by atoms with Gasteiger partial charge in [-0.2, -0.15) is 13.2 Å². The fraction of sp³-hybridized carbons (Fsp3) is 0.133. The van der Waals surface area contributed by atoms with Crippen LogP contribution in [0.25, 0.3) is 0 Å². The Morgan fingerprint density at radius 2 is 1.30 bits per heavy atom. The second kappa shape index (κ2) is 5.45. The highest BCUT2D eigenvalue weighted by Gasteiger charge is 2.30. The first kappa shape index (κ1) is 14.2. The van der Waals surface area contributed by atoms with Crippen LogP contribution in [0.4, 0.5) is 17.6 Å². The van der Waals surface area contributed by atoms with Gasteiger partial charge in [-0.25, -0.2) is 4.39 Å². The fourth-order valence-corrected chi connectivity index (χ4v) is 1.90. The Balaban J connectivity index is 2.33. The van der Waals surface area contributed by atoms with Crippen molar-refractivity contribution in [3.63, 3.8) is 0 Å². The minimum absolute atomic E-state index is 0.430. The van der Waals surface area contributed by atoms with E-state index in [1.807, 2.05) is 0 Å². The lowest BCUT2D eigenvalue weighted by Crippen LogP contribution is -2.07. The molecule has 1 atom stereocenters. The zero-order valence-corrected chi connectivity index (χ0v) is 10.2. The van der Waals surface area contributed by atoms with Crippen LogP contribution in [0, 0.1) is 5.82 Å². The topological polar surface area (TPSA) is 17.1 Å². The molecule has 0 N–H and O–H groups in total. The van der Waals surface area contributed by atoms with Gasteiger partial charge >= 0.3 is 6.18 Å². The number of hydrogen-bond acceptors (Lipinski definition) is 1. The average Bonchev–Trinajstić information content (AvgIpc) is 2.41. The Kier molecular flexibility index (Phi) is 3.88. The van der Waals surface area contributed by atoms with Crippen molar-refractivity contribution in [3.05, 3.63) is 71.0 Å². The largest absolute Gasteiger partial charge is 0.416 e. The summed E-state index contributed by atoms with van der Waals surface area (Å²) in [5.74, 6) is -1.15. The Morgan fingerprint density at radius 3 is 1.70 bits per heavy atom. The van der Waals surface area contributed by atoms with Crippen LogP contribution in [0.15, 0.2) is 48.5 Å². The summed E-state index contributed by atoms with van der Waals surface area (Å²) in [4.78, 5) is 11.2. The highest BCUT2D eigenvalue weighted by Crippen LogP contribution is 2.31. The van der Waals surface area contributed by atoms with Crippen molar-refractivity contribution < 1.29 is 22.4 Å². The number of benzene rings is 2. The summed E-state index contributed by atoms with van der Waals surface area (Å²) in [6, 6.07) is 9.64. The lowest BCUT2D eigenvalue weighted by atomic mass is 9.92. The molecule has 1 nitrogen and oxygen atoms in total. The standard InChI is InChI=1S/C15H10F4O/c16-13-7-3-11(4-8-13)14(9-20)10-1-5-12(6-2-10)15(17,18)19/h1-9,14H. The van der Waals surface area contributed by atoms with Gasteiger partial charge in [-0.3, -0.25) is 0 Å². The molecule has 0 aliphatic rings. The molecule has 1 unspecified atom stereocenters. The summed E-state index contributed by atoms with van der Waals surface area (Å²) >= 11 is 0. The van der Waals surface area contributed by atoms with Gasteiger partial charge in [-0.05, 0) is 35.4 Å². The molecule has 20 heavy (non-hydrogen) atoms. The number of hydrogen-bond donors (Lipinski definition) is 0. The molecule has 0 heterocycles. The van der Waals surface area contributed by atoms with Crippen molar-refractivity contribution in [3.8, 4) is 0 Å². The molecular formula is C15H10F4O. The molecule has 0 amide bonds. The summed E-state index contributed by atoms with van der Waals surface area (Å²) in [6.45, 7) is 0. The molecule has 0 bridgehead atoms. The zero-order chi connectivity index (χ0) is 14.8. The first-order valence-electron chi connectivity index (χ1n) is 5.80. The first-order valence-corrected chi connectivity index (χ1v) is 5.80.